The molecular weight excluding hydrogens is 248 g/mol. The molecule has 0 unspecified atom stereocenters. The molecule has 0 saturated heterocycles. The molecule has 1 aromatic heterocycles. The Hall–Kier alpha value is -1.88. The zero-order chi connectivity index (χ0) is 12.8. The Kier molecular flexibility index (Phi) is 4.30. The van der Waals surface area contributed by atoms with Gasteiger partial charge in [0.2, 0.25) is 0 Å². The van der Waals surface area contributed by atoms with Crippen molar-refractivity contribution in [2.45, 2.75) is 10.9 Å². The number of carbonyl (C=O) groups is 1. The van der Waals surface area contributed by atoms with Crippen LogP contribution in [0.25, 0.3) is 0 Å². The van der Waals surface area contributed by atoms with Gasteiger partial charge in [0, 0.05) is 18.1 Å². The van der Waals surface area contributed by atoms with Crippen molar-refractivity contribution >= 4 is 17.7 Å². The molecule has 2 rings (SSSR count). The number of thioether (sulfide) groups is 1. The van der Waals surface area contributed by atoms with Crippen molar-refractivity contribution in [3.8, 4) is 0 Å². The largest absolute Gasteiger partial charge is 0.465 e. The van der Waals surface area contributed by atoms with E-state index in [0.717, 1.165) is 5.56 Å². The van der Waals surface area contributed by atoms with E-state index in [2.05, 4.69) is 9.97 Å². The van der Waals surface area contributed by atoms with Gasteiger partial charge in [0.25, 0.3) is 0 Å². The van der Waals surface area contributed by atoms with Gasteiger partial charge in [-0.2, -0.15) is 0 Å². The summed E-state index contributed by atoms with van der Waals surface area (Å²) in [7, 11) is 1.38. The van der Waals surface area contributed by atoms with Gasteiger partial charge in [-0.25, -0.2) is 14.8 Å². The summed E-state index contributed by atoms with van der Waals surface area (Å²) in [6, 6.07) is 9.15. The van der Waals surface area contributed by atoms with Crippen LogP contribution in [-0.2, 0) is 10.5 Å². The van der Waals surface area contributed by atoms with Gasteiger partial charge >= 0.3 is 5.97 Å². The Morgan fingerprint density at radius 1 is 1.22 bits per heavy atom. The molecule has 92 valence electrons. The van der Waals surface area contributed by atoms with Gasteiger partial charge in [-0.15, -0.1) is 0 Å². The van der Waals surface area contributed by atoms with Crippen LogP contribution in [0.15, 0.2) is 47.9 Å². The highest BCUT2D eigenvalue weighted by atomic mass is 32.2. The number of carbonyl (C=O) groups excluding carboxylic acids is 1. The second-order valence-corrected chi connectivity index (χ2v) is 4.41. The van der Waals surface area contributed by atoms with Crippen molar-refractivity contribution < 1.29 is 9.53 Å². The van der Waals surface area contributed by atoms with Gasteiger partial charge in [-0.3, -0.25) is 0 Å². The van der Waals surface area contributed by atoms with Crippen LogP contribution in [0.5, 0.6) is 0 Å². The lowest BCUT2D eigenvalue weighted by Gasteiger charge is -2.06. The van der Waals surface area contributed by atoms with E-state index < -0.39 is 0 Å². The van der Waals surface area contributed by atoms with Crippen LogP contribution in [0.4, 0.5) is 0 Å². The average molecular weight is 260 g/mol. The lowest BCUT2D eigenvalue weighted by Crippen LogP contribution is -2.04. The third kappa shape index (κ3) is 3.07. The summed E-state index contributed by atoms with van der Waals surface area (Å²) in [5, 5.41) is 0.692. The minimum absolute atomic E-state index is 0.319. The third-order valence-corrected chi connectivity index (χ3v) is 3.25. The standard InChI is InChI=1S/C13H12N2O2S/c1-17-12(16)11-6-3-2-5-10(11)9-18-13-14-7-4-8-15-13/h2-8H,9H2,1H3. The minimum atomic E-state index is -0.319. The molecule has 0 saturated carbocycles. The number of nitrogens with zero attached hydrogens (tertiary/aromatic N) is 2. The second-order valence-electron chi connectivity index (χ2n) is 3.47. The maximum atomic E-state index is 11.6. The van der Waals surface area contributed by atoms with E-state index in [0.29, 0.717) is 16.5 Å². The van der Waals surface area contributed by atoms with Crippen LogP contribution < -0.4 is 0 Å². The third-order valence-electron chi connectivity index (χ3n) is 2.32. The summed E-state index contributed by atoms with van der Waals surface area (Å²) in [6.07, 6.45) is 3.39. The molecule has 18 heavy (non-hydrogen) atoms. The maximum absolute atomic E-state index is 11.6. The number of hydrogen-bond acceptors (Lipinski definition) is 5. The number of methoxy groups -OCH3 is 1. The predicted octanol–water partition coefficient (Wildman–Crippen LogP) is 2.56. The van der Waals surface area contributed by atoms with E-state index in [1.165, 1.54) is 18.9 Å². The fourth-order valence-electron chi connectivity index (χ4n) is 1.46. The summed E-state index contributed by atoms with van der Waals surface area (Å²) in [6.45, 7) is 0. The van der Waals surface area contributed by atoms with Crippen molar-refractivity contribution in [1.82, 2.24) is 9.97 Å². The Bertz CT molecular complexity index is 532. The first kappa shape index (κ1) is 12.6. The van der Waals surface area contributed by atoms with E-state index in [9.17, 15) is 4.79 Å². The average Bonchev–Trinajstić information content (AvgIpc) is 2.45. The van der Waals surface area contributed by atoms with E-state index in [1.807, 2.05) is 18.2 Å². The summed E-state index contributed by atoms with van der Waals surface area (Å²) < 4.78 is 4.75. The molecule has 0 fully saturated rings. The Labute approximate surface area is 109 Å². The van der Waals surface area contributed by atoms with Crippen LogP contribution in [0.1, 0.15) is 15.9 Å². The van der Waals surface area contributed by atoms with E-state index in [4.69, 9.17) is 4.74 Å². The van der Waals surface area contributed by atoms with Gasteiger partial charge in [0.05, 0.1) is 12.7 Å². The summed E-state index contributed by atoms with van der Waals surface area (Å²) in [4.78, 5) is 19.8. The Morgan fingerprint density at radius 3 is 2.67 bits per heavy atom. The first-order chi connectivity index (χ1) is 8.81. The molecule has 0 aliphatic rings. The lowest BCUT2D eigenvalue weighted by atomic mass is 10.1. The fourth-order valence-corrected chi connectivity index (χ4v) is 2.26. The second kappa shape index (κ2) is 6.16. The number of rotatable bonds is 4. The summed E-state index contributed by atoms with van der Waals surface area (Å²) >= 11 is 1.49. The van der Waals surface area contributed by atoms with E-state index in [1.54, 1.807) is 24.5 Å². The molecule has 0 atom stereocenters. The molecule has 0 radical (unpaired) electrons. The molecule has 2 aromatic rings. The van der Waals surface area contributed by atoms with Gasteiger partial charge in [-0.1, -0.05) is 30.0 Å². The van der Waals surface area contributed by atoms with Crippen molar-refractivity contribution in [2.75, 3.05) is 7.11 Å². The van der Waals surface area contributed by atoms with Crippen LogP contribution >= 0.6 is 11.8 Å². The molecule has 0 aliphatic carbocycles. The highest BCUT2D eigenvalue weighted by Gasteiger charge is 2.11. The molecule has 0 amide bonds. The first-order valence-electron chi connectivity index (χ1n) is 5.37. The molecular formula is C13H12N2O2S. The monoisotopic (exact) mass is 260 g/mol. The van der Waals surface area contributed by atoms with Crippen molar-refractivity contribution in [2.24, 2.45) is 0 Å². The molecule has 0 spiro atoms. The van der Waals surface area contributed by atoms with Crippen LogP contribution in [0, 0.1) is 0 Å². The Morgan fingerprint density at radius 2 is 1.94 bits per heavy atom. The van der Waals surface area contributed by atoms with Crippen LogP contribution in [0.3, 0.4) is 0 Å². The maximum Gasteiger partial charge on any atom is 0.338 e. The van der Waals surface area contributed by atoms with Crippen LogP contribution in [0.2, 0.25) is 0 Å². The highest BCUT2D eigenvalue weighted by Crippen LogP contribution is 2.21. The molecule has 0 N–H and O–H groups in total. The van der Waals surface area contributed by atoms with Gasteiger partial charge in [-0.05, 0) is 17.7 Å². The number of ether oxygens (including phenoxy) is 1. The Balaban J connectivity index is 2.12. The summed E-state index contributed by atoms with van der Waals surface area (Å²) in [5.41, 5.74) is 1.50. The quantitative estimate of drug-likeness (QED) is 0.480. The number of aromatic nitrogens is 2. The SMILES string of the molecule is COC(=O)c1ccccc1CSc1ncccn1. The number of benzene rings is 1. The molecule has 0 bridgehead atoms. The molecule has 4 nitrogen and oxygen atoms in total. The zero-order valence-electron chi connectivity index (χ0n) is 9.87. The highest BCUT2D eigenvalue weighted by molar-refractivity contribution is 7.98. The lowest BCUT2D eigenvalue weighted by molar-refractivity contribution is 0.0600. The number of hydrogen-bond donors (Lipinski definition) is 0. The topological polar surface area (TPSA) is 52.1 Å². The van der Waals surface area contributed by atoms with Gasteiger partial charge in [0.15, 0.2) is 5.16 Å². The van der Waals surface area contributed by atoms with E-state index in [-0.39, 0.29) is 5.97 Å². The van der Waals surface area contributed by atoms with Gasteiger partial charge in [0.1, 0.15) is 0 Å². The number of esters is 1. The van der Waals surface area contributed by atoms with Crippen molar-refractivity contribution in [3.63, 3.8) is 0 Å². The molecule has 1 aromatic carbocycles. The molecule has 5 heteroatoms. The van der Waals surface area contributed by atoms with Crippen molar-refractivity contribution in [3.05, 3.63) is 53.9 Å². The molecule has 0 aliphatic heterocycles. The fraction of sp³-hybridized carbons (Fsp3) is 0.154. The predicted molar refractivity (Wildman–Crippen MR) is 69.4 cm³/mol. The van der Waals surface area contributed by atoms with E-state index >= 15 is 0 Å². The summed E-state index contributed by atoms with van der Waals surface area (Å²) in [5.74, 6) is 0.315. The normalized spacial score (nSPS) is 10.1. The minimum Gasteiger partial charge on any atom is -0.465 e. The smallest absolute Gasteiger partial charge is 0.338 e. The van der Waals surface area contributed by atoms with Gasteiger partial charge < -0.3 is 4.74 Å². The first-order valence-corrected chi connectivity index (χ1v) is 6.36. The zero-order valence-corrected chi connectivity index (χ0v) is 10.7. The van der Waals surface area contributed by atoms with Crippen molar-refractivity contribution in [1.29, 1.82) is 0 Å². The van der Waals surface area contributed by atoms with Crippen LogP contribution in [-0.4, -0.2) is 23.0 Å². The molecule has 1 heterocycles.